The van der Waals surface area contributed by atoms with Crippen LogP contribution >= 0.6 is 11.3 Å². The number of rotatable bonds is 5. The van der Waals surface area contributed by atoms with Crippen LogP contribution in [0.5, 0.6) is 0 Å². The first kappa shape index (κ1) is 15.5. The van der Waals surface area contributed by atoms with Crippen molar-refractivity contribution in [1.82, 2.24) is 19.7 Å². The molecule has 3 aromatic rings. The van der Waals surface area contributed by atoms with Gasteiger partial charge in [0.05, 0.1) is 6.04 Å². The summed E-state index contributed by atoms with van der Waals surface area (Å²) >= 11 is 1.83. The van der Waals surface area contributed by atoms with E-state index in [4.69, 9.17) is 5.73 Å². The number of nitrogens with two attached hydrogens (primary N) is 1. The number of hydrogen-bond donors (Lipinski definition) is 2. The van der Waals surface area contributed by atoms with Crippen molar-refractivity contribution in [3.8, 4) is 5.82 Å². The maximum atomic E-state index is 6.22. The summed E-state index contributed by atoms with van der Waals surface area (Å²) in [6, 6.07) is 4.19. The van der Waals surface area contributed by atoms with E-state index in [0.717, 1.165) is 6.42 Å². The lowest BCUT2D eigenvalue weighted by Gasteiger charge is -2.15. The molecule has 3 heterocycles. The van der Waals surface area contributed by atoms with Gasteiger partial charge >= 0.3 is 0 Å². The molecule has 3 N–H and O–H groups in total. The van der Waals surface area contributed by atoms with Crippen LogP contribution < -0.4 is 11.1 Å². The minimum Gasteiger partial charge on any atom is -0.393 e. The minimum atomic E-state index is 0.127. The number of hydrogen-bond acceptors (Lipinski definition) is 6. The lowest BCUT2D eigenvalue weighted by atomic mass is 10.2. The fourth-order valence-electron chi connectivity index (χ4n) is 2.46. The van der Waals surface area contributed by atoms with Gasteiger partial charge in [-0.2, -0.15) is 5.10 Å². The number of nitrogen functional groups attached to an aromatic ring is 1. The zero-order chi connectivity index (χ0) is 16.4. The molecule has 120 valence electrons. The molecule has 0 bridgehead atoms. The van der Waals surface area contributed by atoms with Gasteiger partial charge in [0.2, 0.25) is 0 Å². The third kappa shape index (κ3) is 3.05. The molecule has 6 nitrogen and oxygen atoms in total. The highest BCUT2D eigenvalue weighted by atomic mass is 32.1. The molecule has 0 radical (unpaired) electrons. The fraction of sp³-hybridized carbons (Fsp3) is 0.312. The smallest absolute Gasteiger partial charge is 0.181 e. The number of aromatic nitrogens is 4. The standard InChI is InChI=1S/C16H20N6S/c1-4-12-10(2)8-13(23-12)11(3)21-15-14(17)16(19-9-18-15)22-7-5-6-20-22/h5-9,11H,4,17H2,1-3H3,(H,18,19,21). The lowest BCUT2D eigenvalue weighted by Crippen LogP contribution is -2.12. The van der Waals surface area contributed by atoms with E-state index in [2.05, 4.69) is 47.2 Å². The van der Waals surface area contributed by atoms with Crippen molar-refractivity contribution in [2.24, 2.45) is 0 Å². The average molecular weight is 328 g/mol. The average Bonchev–Trinajstić information content (AvgIpc) is 3.18. The Morgan fingerprint density at radius 2 is 2.22 bits per heavy atom. The zero-order valence-corrected chi connectivity index (χ0v) is 14.3. The highest BCUT2D eigenvalue weighted by Crippen LogP contribution is 2.31. The number of aryl methyl sites for hydroxylation is 2. The molecule has 0 aromatic carbocycles. The van der Waals surface area contributed by atoms with E-state index in [1.807, 2.05) is 23.6 Å². The summed E-state index contributed by atoms with van der Waals surface area (Å²) in [6.07, 6.45) is 6.06. The first-order valence-electron chi connectivity index (χ1n) is 7.56. The number of nitrogens with zero attached hydrogens (tertiary/aromatic N) is 4. The zero-order valence-electron chi connectivity index (χ0n) is 13.4. The van der Waals surface area contributed by atoms with Crippen LogP contribution in [0.4, 0.5) is 11.5 Å². The summed E-state index contributed by atoms with van der Waals surface area (Å²) in [5, 5.41) is 7.56. The molecule has 0 saturated heterocycles. The minimum absolute atomic E-state index is 0.127. The quantitative estimate of drug-likeness (QED) is 0.750. The van der Waals surface area contributed by atoms with E-state index in [9.17, 15) is 0 Å². The van der Waals surface area contributed by atoms with Gasteiger partial charge in [0, 0.05) is 22.1 Å². The van der Waals surface area contributed by atoms with E-state index in [-0.39, 0.29) is 6.04 Å². The summed E-state index contributed by atoms with van der Waals surface area (Å²) in [5.74, 6) is 1.21. The van der Waals surface area contributed by atoms with Gasteiger partial charge < -0.3 is 11.1 Å². The Morgan fingerprint density at radius 3 is 2.87 bits per heavy atom. The molecule has 0 aliphatic heterocycles. The van der Waals surface area contributed by atoms with Gasteiger partial charge in [-0.05, 0) is 38.0 Å². The van der Waals surface area contributed by atoms with Crippen molar-refractivity contribution in [3.05, 3.63) is 46.2 Å². The largest absolute Gasteiger partial charge is 0.393 e. The number of nitrogens with one attached hydrogen (secondary N) is 1. The van der Waals surface area contributed by atoms with Crippen LogP contribution in [0.25, 0.3) is 5.82 Å². The molecule has 0 fully saturated rings. The molecule has 3 rings (SSSR count). The van der Waals surface area contributed by atoms with Crippen LogP contribution in [-0.4, -0.2) is 19.7 Å². The predicted molar refractivity (Wildman–Crippen MR) is 94.0 cm³/mol. The summed E-state index contributed by atoms with van der Waals surface area (Å²) < 4.78 is 1.64. The topological polar surface area (TPSA) is 81.7 Å². The number of anilines is 2. The molecule has 0 aliphatic carbocycles. The van der Waals surface area contributed by atoms with Crippen LogP contribution in [0.15, 0.2) is 30.9 Å². The summed E-state index contributed by atoms with van der Waals surface area (Å²) in [4.78, 5) is 11.2. The Morgan fingerprint density at radius 1 is 1.39 bits per heavy atom. The monoisotopic (exact) mass is 328 g/mol. The first-order chi connectivity index (χ1) is 11.1. The van der Waals surface area contributed by atoms with Crippen molar-refractivity contribution in [2.45, 2.75) is 33.2 Å². The maximum Gasteiger partial charge on any atom is 0.181 e. The Hall–Kier alpha value is -2.41. The van der Waals surface area contributed by atoms with E-state index in [0.29, 0.717) is 17.3 Å². The van der Waals surface area contributed by atoms with Gasteiger partial charge in [-0.15, -0.1) is 11.3 Å². The van der Waals surface area contributed by atoms with E-state index in [1.54, 1.807) is 10.9 Å². The molecular weight excluding hydrogens is 308 g/mol. The second-order valence-electron chi connectivity index (χ2n) is 5.38. The van der Waals surface area contributed by atoms with Crippen molar-refractivity contribution in [1.29, 1.82) is 0 Å². The first-order valence-corrected chi connectivity index (χ1v) is 8.38. The summed E-state index contributed by atoms with van der Waals surface area (Å²) in [7, 11) is 0. The van der Waals surface area contributed by atoms with Crippen LogP contribution in [-0.2, 0) is 6.42 Å². The Bertz CT molecular complexity index is 793. The molecule has 0 saturated carbocycles. The van der Waals surface area contributed by atoms with Gasteiger partial charge in [0.25, 0.3) is 0 Å². The van der Waals surface area contributed by atoms with E-state index >= 15 is 0 Å². The number of thiophene rings is 1. The van der Waals surface area contributed by atoms with Gasteiger partial charge in [-0.1, -0.05) is 6.92 Å². The van der Waals surface area contributed by atoms with Crippen molar-refractivity contribution in [3.63, 3.8) is 0 Å². The van der Waals surface area contributed by atoms with Gasteiger partial charge in [-0.25, -0.2) is 14.6 Å². The van der Waals surface area contributed by atoms with Crippen molar-refractivity contribution in [2.75, 3.05) is 11.1 Å². The van der Waals surface area contributed by atoms with Crippen LogP contribution in [0.2, 0.25) is 0 Å². The third-order valence-corrected chi connectivity index (χ3v) is 5.29. The second-order valence-corrected chi connectivity index (χ2v) is 6.55. The molecule has 0 aliphatic rings. The van der Waals surface area contributed by atoms with E-state index in [1.165, 1.54) is 21.6 Å². The molecule has 0 amide bonds. The summed E-state index contributed by atoms with van der Waals surface area (Å²) in [6.45, 7) is 6.44. The van der Waals surface area contributed by atoms with Crippen LogP contribution in [0.1, 0.15) is 35.2 Å². The van der Waals surface area contributed by atoms with Crippen molar-refractivity contribution < 1.29 is 0 Å². The lowest BCUT2D eigenvalue weighted by molar-refractivity contribution is 0.836. The molecule has 7 heteroatoms. The highest BCUT2D eigenvalue weighted by molar-refractivity contribution is 7.12. The molecule has 1 unspecified atom stereocenters. The van der Waals surface area contributed by atoms with Gasteiger partial charge in [0.1, 0.15) is 12.0 Å². The van der Waals surface area contributed by atoms with Crippen LogP contribution in [0.3, 0.4) is 0 Å². The van der Waals surface area contributed by atoms with E-state index < -0.39 is 0 Å². The third-order valence-electron chi connectivity index (χ3n) is 3.73. The Labute approximate surface area is 139 Å². The molecule has 3 aromatic heterocycles. The summed E-state index contributed by atoms with van der Waals surface area (Å²) in [5.41, 5.74) is 8.05. The maximum absolute atomic E-state index is 6.22. The molecule has 0 spiro atoms. The molecule has 1 atom stereocenters. The van der Waals surface area contributed by atoms with Gasteiger partial charge in [-0.3, -0.25) is 0 Å². The van der Waals surface area contributed by atoms with Crippen molar-refractivity contribution >= 4 is 22.8 Å². The predicted octanol–water partition coefficient (Wildman–Crippen LogP) is 3.35. The fourth-order valence-corrected chi connectivity index (χ4v) is 3.58. The highest BCUT2D eigenvalue weighted by Gasteiger charge is 2.15. The molecule has 23 heavy (non-hydrogen) atoms. The van der Waals surface area contributed by atoms with Gasteiger partial charge in [0.15, 0.2) is 11.6 Å². The SMILES string of the molecule is CCc1sc(C(C)Nc2ncnc(-n3cccn3)c2N)cc1C. The van der Waals surface area contributed by atoms with Crippen LogP contribution in [0, 0.1) is 6.92 Å². The second kappa shape index (κ2) is 6.37. The Kier molecular flexibility index (Phi) is 4.29. The molecular formula is C16H20N6S. The normalized spacial score (nSPS) is 12.3. The Balaban J connectivity index is 1.86.